The van der Waals surface area contributed by atoms with Gasteiger partial charge < -0.3 is 25.0 Å². The largest absolute Gasteiger partial charge is 0.481 e. The highest BCUT2D eigenvalue weighted by Gasteiger charge is 2.50. The molecule has 4 saturated carbocycles. The third-order valence-electron chi connectivity index (χ3n) is 8.46. The average molecular weight is 482 g/mol. The smallest absolute Gasteiger partial charge is 0.408 e. The Morgan fingerprint density at radius 3 is 2.43 bits per heavy atom. The first kappa shape index (κ1) is 23.7. The minimum atomic E-state index is -1.29. The zero-order valence-electron chi connectivity index (χ0n) is 20.5. The zero-order chi connectivity index (χ0) is 24.7. The van der Waals surface area contributed by atoms with Gasteiger partial charge in [-0.1, -0.05) is 18.2 Å². The van der Waals surface area contributed by atoms with Crippen LogP contribution in [-0.2, 0) is 20.7 Å². The molecule has 1 aromatic carbocycles. The molecule has 2 amide bonds. The van der Waals surface area contributed by atoms with E-state index < -0.39 is 17.6 Å². The maximum atomic E-state index is 13.6. The van der Waals surface area contributed by atoms with Crippen molar-refractivity contribution >= 4 is 28.9 Å². The number of aliphatic carboxylic acids is 1. The summed E-state index contributed by atoms with van der Waals surface area (Å²) in [6.07, 6.45) is 7.16. The van der Waals surface area contributed by atoms with E-state index in [9.17, 15) is 14.4 Å². The van der Waals surface area contributed by atoms with Crippen LogP contribution in [0.4, 0.5) is 4.79 Å². The molecule has 2 aromatic rings. The van der Waals surface area contributed by atoms with Crippen LogP contribution < -0.4 is 5.32 Å². The highest BCUT2D eigenvalue weighted by molar-refractivity contribution is 5.91. The van der Waals surface area contributed by atoms with Gasteiger partial charge in [0.25, 0.3) is 0 Å². The van der Waals surface area contributed by atoms with Gasteiger partial charge in [-0.25, -0.2) is 4.79 Å². The zero-order valence-corrected chi connectivity index (χ0v) is 20.5. The number of benzene rings is 1. The van der Waals surface area contributed by atoms with E-state index in [1.807, 2.05) is 30.5 Å². The second kappa shape index (κ2) is 9.21. The van der Waals surface area contributed by atoms with Crippen molar-refractivity contribution in [3.8, 4) is 0 Å². The molecule has 188 valence electrons. The van der Waals surface area contributed by atoms with E-state index in [-0.39, 0.29) is 31.4 Å². The number of nitrogens with one attached hydrogen (secondary N) is 2. The minimum Gasteiger partial charge on any atom is -0.481 e. The van der Waals surface area contributed by atoms with Crippen molar-refractivity contribution in [2.24, 2.45) is 23.7 Å². The molecule has 35 heavy (non-hydrogen) atoms. The fourth-order valence-corrected chi connectivity index (χ4v) is 7.06. The normalized spacial score (nSPS) is 28.5. The van der Waals surface area contributed by atoms with Gasteiger partial charge in [-0.2, -0.15) is 0 Å². The number of alkyl carbamates (subject to hydrolysis) is 1. The van der Waals surface area contributed by atoms with Gasteiger partial charge in [-0.3, -0.25) is 9.59 Å². The predicted molar refractivity (Wildman–Crippen MR) is 131 cm³/mol. The first-order chi connectivity index (χ1) is 16.7. The van der Waals surface area contributed by atoms with Gasteiger partial charge in [-0.05, 0) is 74.3 Å². The van der Waals surface area contributed by atoms with Gasteiger partial charge in [0.15, 0.2) is 0 Å². The number of hydrogen-bond acceptors (Lipinski definition) is 4. The molecule has 0 aliphatic heterocycles. The summed E-state index contributed by atoms with van der Waals surface area (Å²) >= 11 is 0. The van der Waals surface area contributed by atoms with Crippen LogP contribution in [0.2, 0.25) is 0 Å². The highest BCUT2D eigenvalue weighted by atomic mass is 16.6. The molecule has 4 bridgehead atoms. The van der Waals surface area contributed by atoms with E-state index in [2.05, 4.69) is 10.3 Å². The van der Waals surface area contributed by atoms with Crippen LogP contribution in [0.3, 0.4) is 0 Å². The Kier molecular flexibility index (Phi) is 6.23. The van der Waals surface area contributed by atoms with Crippen molar-refractivity contribution < 1.29 is 24.2 Å². The lowest BCUT2D eigenvalue weighted by molar-refractivity contribution is -0.140. The molecule has 1 heterocycles. The Balaban J connectivity index is 1.34. The highest BCUT2D eigenvalue weighted by Crippen LogP contribution is 2.54. The molecule has 8 nitrogen and oxygen atoms in total. The molecule has 0 spiro atoms. The van der Waals surface area contributed by atoms with Crippen LogP contribution in [0, 0.1) is 23.7 Å². The summed E-state index contributed by atoms with van der Waals surface area (Å²) < 4.78 is 6.04. The summed E-state index contributed by atoms with van der Waals surface area (Å²) in [7, 11) is 1.57. The Labute approximate surface area is 205 Å². The number of rotatable bonds is 8. The number of aromatic nitrogens is 1. The minimum absolute atomic E-state index is 0.0594. The van der Waals surface area contributed by atoms with Crippen LogP contribution in [0.5, 0.6) is 0 Å². The number of carboxylic acids is 1. The number of hydrogen-bond donors (Lipinski definition) is 3. The van der Waals surface area contributed by atoms with Crippen molar-refractivity contribution in [3.05, 3.63) is 36.0 Å². The summed E-state index contributed by atoms with van der Waals surface area (Å²) in [5.74, 6) is 1.08. The van der Waals surface area contributed by atoms with Crippen LogP contribution in [0.1, 0.15) is 51.0 Å². The van der Waals surface area contributed by atoms with Crippen molar-refractivity contribution in [2.75, 3.05) is 13.6 Å². The monoisotopic (exact) mass is 481 g/mol. The van der Waals surface area contributed by atoms with Gasteiger partial charge in [-0.15, -0.1) is 0 Å². The molecule has 6 rings (SSSR count). The molecule has 1 atom stereocenters. The molecule has 4 fully saturated rings. The lowest BCUT2D eigenvalue weighted by Crippen LogP contribution is -2.60. The van der Waals surface area contributed by atoms with Crippen molar-refractivity contribution in [2.45, 2.75) is 63.5 Å². The van der Waals surface area contributed by atoms with Gasteiger partial charge >= 0.3 is 12.1 Å². The Morgan fingerprint density at radius 1 is 1.11 bits per heavy atom. The first-order valence-electron chi connectivity index (χ1n) is 12.7. The number of H-pyrrole nitrogens is 1. The molecule has 4 aliphatic carbocycles. The summed E-state index contributed by atoms with van der Waals surface area (Å²) in [6, 6.07) is 7.82. The van der Waals surface area contributed by atoms with E-state index in [0.29, 0.717) is 11.8 Å². The van der Waals surface area contributed by atoms with Gasteiger partial charge in [0.2, 0.25) is 5.91 Å². The molecule has 0 radical (unpaired) electrons. The second-order valence-corrected chi connectivity index (χ2v) is 11.2. The molecule has 3 N–H and O–H groups in total. The van der Waals surface area contributed by atoms with Gasteiger partial charge in [0, 0.05) is 37.1 Å². The van der Waals surface area contributed by atoms with Crippen molar-refractivity contribution in [1.82, 2.24) is 15.2 Å². The van der Waals surface area contributed by atoms with Crippen LogP contribution in [0.15, 0.2) is 30.5 Å². The number of carboxylic acid groups (broad SMARTS) is 1. The first-order valence-corrected chi connectivity index (χ1v) is 12.7. The second-order valence-electron chi connectivity index (χ2n) is 11.2. The fourth-order valence-electron chi connectivity index (χ4n) is 7.06. The van der Waals surface area contributed by atoms with Crippen LogP contribution >= 0.6 is 0 Å². The summed E-state index contributed by atoms with van der Waals surface area (Å²) in [5, 5.41) is 13.0. The molecular weight excluding hydrogens is 446 g/mol. The summed E-state index contributed by atoms with van der Waals surface area (Å²) in [4.78, 5) is 42.5. The molecule has 8 heteroatoms. The Morgan fingerprint density at radius 2 is 1.77 bits per heavy atom. The third-order valence-corrected chi connectivity index (χ3v) is 8.46. The summed E-state index contributed by atoms with van der Waals surface area (Å²) in [5.41, 5.74) is 0.562. The number of fused-ring (bicyclic) bond motifs is 1. The van der Waals surface area contributed by atoms with Gasteiger partial charge in [0.1, 0.15) is 11.6 Å². The summed E-state index contributed by atoms with van der Waals surface area (Å²) in [6.45, 7) is 1.76. The van der Waals surface area contributed by atoms with Crippen molar-refractivity contribution in [1.29, 1.82) is 0 Å². The number of amides is 2. The maximum Gasteiger partial charge on any atom is 0.408 e. The number of aromatic amines is 1. The number of carbonyl (C=O) groups is 3. The molecule has 1 aromatic heterocycles. The number of nitrogens with zero attached hydrogens (tertiary/aromatic N) is 1. The number of para-hydroxylation sites is 1. The van der Waals surface area contributed by atoms with E-state index in [1.165, 1.54) is 11.3 Å². The van der Waals surface area contributed by atoms with Crippen LogP contribution in [0.25, 0.3) is 10.9 Å². The number of ether oxygens (including phenoxy) is 1. The fraction of sp³-hybridized carbons (Fsp3) is 0.593. The third kappa shape index (κ3) is 4.75. The van der Waals surface area contributed by atoms with E-state index >= 15 is 0 Å². The lowest BCUT2D eigenvalue weighted by Gasteiger charge is -2.53. The molecular formula is C27H35N3O5. The van der Waals surface area contributed by atoms with E-state index in [4.69, 9.17) is 9.84 Å². The van der Waals surface area contributed by atoms with Gasteiger partial charge in [0.05, 0.1) is 6.42 Å². The maximum absolute atomic E-state index is 13.6. The van der Waals surface area contributed by atoms with E-state index in [0.717, 1.165) is 54.0 Å². The molecule has 0 saturated heterocycles. The topological polar surface area (TPSA) is 112 Å². The standard InChI is InChI=1S/C27H35N3O5/c1-27(25(33)30(2)8-7-23(31)32,14-20-15-28-22-6-4-3-5-21(20)22)29-26(34)35-24-18-10-16-9-17(12-18)13-19(24)11-16/h3-6,15-19,24,28H,7-14H2,1-2H3,(H,29,34)(H,31,32)/t16?,17?,18?,19?,24?,27-/m1/s1. The predicted octanol–water partition coefficient (Wildman–Crippen LogP) is 3.95. The SMILES string of the molecule is CN(CCC(=O)O)C(=O)[C@@](C)(Cc1c[nH]c2ccccc12)NC(=O)OC1C2CC3CC(C2)CC1C3. The molecule has 0 unspecified atom stereocenters. The lowest BCUT2D eigenvalue weighted by atomic mass is 9.55. The average Bonchev–Trinajstić information content (AvgIpc) is 3.21. The Bertz CT molecular complexity index is 1100. The quantitative estimate of drug-likeness (QED) is 0.529. The van der Waals surface area contributed by atoms with Crippen LogP contribution in [-0.4, -0.2) is 58.2 Å². The van der Waals surface area contributed by atoms with Crippen molar-refractivity contribution in [3.63, 3.8) is 0 Å². The molecule has 4 aliphatic rings. The number of likely N-dealkylation sites (N-methyl/N-ethyl adjacent to an activating group) is 1. The Hall–Kier alpha value is -3.03. The van der Waals surface area contributed by atoms with E-state index in [1.54, 1.807) is 14.0 Å². The number of carbonyl (C=O) groups excluding carboxylic acids is 2.